The Bertz CT molecular complexity index is 725. The first kappa shape index (κ1) is 15.3. The maximum atomic E-state index is 12.1. The molecule has 1 heterocycles. The molecule has 0 spiro atoms. The molecule has 23 heavy (non-hydrogen) atoms. The molecule has 0 aromatic heterocycles. The van der Waals surface area contributed by atoms with Gasteiger partial charge < -0.3 is 10.6 Å². The molecule has 1 aliphatic heterocycles. The normalized spacial score (nSPS) is 16.7. The molecule has 4 nitrogen and oxygen atoms in total. The molecule has 116 valence electrons. The van der Waals surface area contributed by atoms with E-state index in [1.807, 2.05) is 18.2 Å². The molecular formula is C19H19N3O. The summed E-state index contributed by atoms with van der Waals surface area (Å²) in [5.41, 5.74) is 3.54. The van der Waals surface area contributed by atoms with Crippen molar-refractivity contribution in [2.24, 2.45) is 0 Å². The summed E-state index contributed by atoms with van der Waals surface area (Å²) < 4.78 is 0. The molecule has 0 saturated carbocycles. The summed E-state index contributed by atoms with van der Waals surface area (Å²) in [6, 6.07) is 17.3. The Kier molecular flexibility index (Phi) is 4.70. The minimum absolute atomic E-state index is 0.0737. The van der Waals surface area contributed by atoms with E-state index >= 15 is 0 Å². The van der Waals surface area contributed by atoms with Gasteiger partial charge in [-0.1, -0.05) is 24.3 Å². The Morgan fingerprint density at radius 1 is 1.26 bits per heavy atom. The van der Waals surface area contributed by atoms with Crippen LogP contribution in [0.1, 0.15) is 29.0 Å². The molecule has 2 N–H and O–H groups in total. The van der Waals surface area contributed by atoms with E-state index in [1.165, 1.54) is 12.0 Å². The summed E-state index contributed by atoms with van der Waals surface area (Å²) in [6.45, 7) is 2.10. The maximum absolute atomic E-state index is 12.1. The van der Waals surface area contributed by atoms with Crippen LogP contribution in [0.15, 0.2) is 48.5 Å². The predicted molar refractivity (Wildman–Crippen MR) is 90.2 cm³/mol. The summed E-state index contributed by atoms with van der Waals surface area (Å²) in [4.78, 5) is 12.1. The van der Waals surface area contributed by atoms with Gasteiger partial charge in [-0.25, -0.2) is 0 Å². The van der Waals surface area contributed by atoms with Gasteiger partial charge in [-0.3, -0.25) is 4.79 Å². The van der Waals surface area contributed by atoms with Crippen LogP contribution in [-0.2, 0) is 11.2 Å². The quantitative estimate of drug-likeness (QED) is 0.913. The topological polar surface area (TPSA) is 64.9 Å². The molecule has 1 aliphatic rings. The molecule has 1 saturated heterocycles. The Morgan fingerprint density at radius 2 is 2.09 bits per heavy atom. The molecule has 1 atom stereocenters. The lowest BCUT2D eigenvalue weighted by molar-refractivity contribution is -0.115. The third-order valence-corrected chi connectivity index (χ3v) is 4.15. The van der Waals surface area contributed by atoms with Gasteiger partial charge in [0.05, 0.1) is 18.1 Å². The molecule has 0 aliphatic carbocycles. The van der Waals surface area contributed by atoms with Crippen LogP contribution >= 0.6 is 0 Å². The summed E-state index contributed by atoms with van der Waals surface area (Å²) in [5, 5.41) is 15.2. The Hall–Kier alpha value is -2.64. The fourth-order valence-electron chi connectivity index (χ4n) is 2.92. The Labute approximate surface area is 136 Å². The van der Waals surface area contributed by atoms with Crippen molar-refractivity contribution >= 4 is 11.6 Å². The zero-order chi connectivity index (χ0) is 16.1. The lowest BCUT2D eigenvalue weighted by Crippen LogP contribution is -2.14. The first-order chi connectivity index (χ1) is 11.2. The first-order valence-corrected chi connectivity index (χ1v) is 7.84. The molecule has 4 heteroatoms. The maximum Gasteiger partial charge on any atom is 0.228 e. The van der Waals surface area contributed by atoms with Gasteiger partial charge in [0.15, 0.2) is 0 Å². The summed E-state index contributed by atoms with van der Waals surface area (Å²) >= 11 is 0. The molecule has 3 rings (SSSR count). The monoisotopic (exact) mass is 305 g/mol. The lowest BCUT2D eigenvalue weighted by Gasteiger charge is -2.10. The second-order valence-electron chi connectivity index (χ2n) is 5.85. The molecular weight excluding hydrogens is 286 g/mol. The molecule has 2 aromatic carbocycles. The highest BCUT2D eigenvalue weighted by Crippen LogP contribution is 2.23. The minimum atomic E-state index is -0.0737. The molecule has 0 bridgehead atoms. The Morgan fingerprint density at radius 3 is 2.78 bits per heavy atom. The second-order valence-corrected chi connectivity index (χ2v) is 5.85. The van der Waals surface area contributed by atoms with Gasteiger partial charge >= 0.3 is 0 Å². The smallest absolute Gasteiger partial charge is 0.228 e. The SMILES string of the molecule is N#Cc1cccc(CC(=O)Nc2ccc([C@@H]3CCNC3)cc2)c1. The average molecular weight is 305 g/mol. The van der Waals surface area contributed by atoms with Gasteiger partial charge in [-0.2, -0.15) is 5.26 Å². The molecule has 0 unspecified atom stereocenters. The summed E-state index contributed by atoms with van der Waals surface area (Å²) in [6.07, 6.45) is 1.44. The van der Waals surface area contributed by atoms with Gasteiger partial charge in [0.2, 0.25) is 5.91 Å². The number of anilines is 1. The number of nitriles is 1. The zero-order valence-corrected chi connectivity index (χ0v) is 12.9. The highest BCUT2D eigenvalue weighted by Gasteiger charge is 2.16. The largest absolute Gasteiger partial charge is 0.326 e. The van der Waals surface area contributed by atoms with Crippen molar-refractivity contribution in [3.63, 3.8) is 0 Å². The van der Waals surface area contributed by atoms with Crippen LogP contribution in [0.4, 0.5) is 5.69 Å². The number of rotatable bonds is 4. The number of amides is 1. The highest BCUT2D eigenvalue weighted by molar-refractivity contribution is 5.92. The van der Waals surface area contributed by atoms with E-state index in [0.717, 1.165) is 24.3 Å². The number of benzene rings is 2. The van der Waals surface area contributed by atoms with Crippen molar-refractivity contribution in [2.75, 3.05) is 18.4 Å². The molecule has 2 aromatic rings. The fraction of sp³-hybridized carbons (Fsp3) is 0.263. The van der Waals surface area contributed by atoms with E-state index < -0.39 is 0 Å². The van der Waals surface area contributed by atoms with Crippen molar-refractivity contribution in [3.05, 3.63) is 65.2 Å². The van der Waals surface area contributed by atoms with Crippen LogP contribution < -0.4 is 10.6 Å². The summed E-state index contributed by atoms with van der Waals surface area (Å²) in [7, 11) is 0. The number of hydrogen-bond donors (Lipinski definition) is 2. The molecule has 1 amide bonds. The van der Waals surface area contributed by atoms with Crippen LogP contribution in [0.5, 0.6) is 0 Å². The number of nitrogens with one attached hydrogen (secondary N) is 2. The number of carbonyl (C=O) groups is 1. The van der Waals surface area contributed by atoms with Gasteiger partial charge in [-0.15, -0.1) is 0 Å². The van der Waals surface area contributed by atoms with Crippen LogP contribution in [0, 0.1) is 11.3 Å². The average Bonchev–Trinajstić information content (AvgIpc) is 3.10. The highest BCUT2D eigenvalue weighted by atomic mass is 16.1. The van der Waals surface area contributed by atoms with E-state index in [4.69, 9.17) is 5.26 Å². The Balaban J connectivity index is 1.60. The van der Waals surface area contributed by atoms with Gasteiger partial charge in [0, 0.05) is 12.2 Å². The minimum Gasteiger partial charge on any atom is -0.326 e. The van der Waals surface area contributed by atoms with Gasteiger partial charge in [0.1, 0.15) is 0 Å². The van der Waals surface area contributed by atoms with E-state index in [0.29, 0.717) is 11.5 Å². The lowest BCUT2D eigenvalue weighted by atomic mass is 9.98. The number of hydrogen-bond acceptors (Lipinski definition) is 3. The van der Waals surface area contributed by atoms with Gasteiger partial charge in [-0.05, 0) is 54.3 Å². The van der Waals surface area contributed by atoms with E-state index in [9.17, 15) is 4.79 Å². The third-order valence-electron chi connectivity index (χ3n) is 4.15. The third kappa shape index (κ3) is 3.97. The predicted octanol–water partition coefficient (Wildman–Crippen LogP) is 2.82. The van der Waals surface area contributed by atoms with Crippen molar-refractivity contribution in [3.8, 4) is 6.07 Å². The van der Waals surface area contributed by atoms with Crippen molar-refractivity contribution in [2.45, 2.75) is 18.8 Å². The fourth-order valence-corrected chi connectivity index (χ4v) is 2.92. The van der Waals surface area contributed by atoms with Crippen LogP contribution in [0.2, 0.25) is 0 Å². The summed E-state index contributed by atoms with van der Waals surface area (Å²) in [5.74, 6) is 0.504. The number of carbonyl (C=O) groups excluding carboxylic acids is 1. The zero-order valence-electron chi connectivity index (χ0n) is 12.9. The van der Waals surface area contributed by atoms with Gasteiger partial charge in [0.25, 0.3) is 0 Å². The van der Waals surface area contributed by atoms with Crippen LogP contribution in [0.3, 0.4) is 0 Å². The standard InChI is InChI=1S/C19H19N3O/c20-12-15-3-1-2-14(10-15)11-19(23)22-18-6-4-16(5-7-18)17-8-9-21-13-17/h1-7,10,17,21H,8-9,11,13H2,(H,22,23)/t17-/m1/s1. The van der Waals surface area contributed by atoms with E-state index in [2.05, 4.69) is 28.8 Å². The number of nitrogens with zero attached hydrogens (tertiary/aromatic N) is 1. The van der Waals surface area contributed by atoms with Crippen LogP contribution in [-0.4, -0.2) is 19.0 Å². The molecule has 0 radical (unpaired) electrons. The second kappa shape index (κ2) is 7.08. The van der Waals surface area contributed by atoms with E-state index in [-0.39, 0.29) is 12.3 Å². The van der Waals surface area contributed by atoms with E-state index in [1.54, 1.807) is 18.2 Å². The van der Waals surface area contributed by atoms with Crippen molar-refractivity contribution < 1.29 is 4.79 Å². The van der Waals surface area contributed by atoms with Crippen LogP contribution in [0.25, 0.3) is 0 Å². The first-order valence-electron chi connectivity index (χ1n) is 7.84. The van der Waals surface area contributed by atoms with Crippen molar-refractivity contribution in [1.82, 2.24) is 5.32 Å². The molecule has 1 fully saturated rings. The van der Waals surface area contributed by atoms with Crippen molar-refractivity contribution in [1.29, 1.82) is 5.26 Å².